The first-order valence-electron chi connectivity index (χ1n) is 9.86. The van der Waals surface area contributed by atoms with Crippen LogP contribution in [0.3, 0.4) is 0 Å². The third-order valence-corrected chi connectivity index (χ3v) is 5.10. The van der Waals surface area contributed by atoms with E-state index in [-0.39, 0.29) is 12.5 Å². The highest BCUT2D eigenvalue weighted by atomic mass is 16.2. The van der Waals surface area contributed by atoms with Gasteiger partial charge in [-0.25, -0.2) is 0 Å². The van der Waals surface area contributed by atoms with E-state index in [0.29, 0.717) is 19.0 Å². The molecule has 1 aliphatic carbocycles. The molecule has 1 amide bonds. The number of carbonyl (C=O) groups excluding carboxylic acids is 1. The fourth-order valence-electron chi connectivity index (χ4n) is 3.45. The Bertz CT molecular complexity index is 707. The highest BCUT2D eigenvalue weighted by Crippen LogP contribution is 2.30. The fourth-order valence-corrected chi connectivity index (χ4v) is 3.45. The van der Waals surface area contributed by atoms with Crippen LogP contribution >= 0.6 is 0 Å². The van der Waals surface area contributed by atoms with Gasteiger partial charge in [0.15, 0.2) is 0 Å². The zero-order valence-electron chi connectivity index (χ0n) is 15.5. The monoisotopic (exact) mass is 354 g/mol. The lowest BCUT2D eigenvalue weighted by Gasteiger charge is -2.22. The minimum absolute atomic E-state index is 0.137. The Morgan fingerprint density at radius 3 is 2.69 bits per heavy atom. The molecule has 4 heteroatoms. The second-order valence-corrected chi connectivity index (χ2v) is 7.22. The van der Waals surface area contributed by atoms with Gasteiger partial charge in [-0.05, 0) is 48.4 Å². The van der Waals surface area contributed by atoms with E-state index >= 15 is 0 Å². The summed E-state index contributed by atoms with van der Waals surface area (Å²) in [7, 11) is 0. The minimum atomic E-state index is 0.137. The molecule has 0 atom stereocenters. The second-order valence-electron chi connectivity index (χ2n) is 7.22. The zero-order valence-corrected chi connectivity index (χ0v) is 15.5. The van der Waals surface area contributed by atoms with Crippen molar-refractivity contribution in [3.63, 3.8) is 0 Å². The topological polar surface area (TPSA) is 52.6 Å². The van der Waals surface area contributed by atoms with E-state index in [2.05, 4.69) is 52.7 Å². The second kappa shape index (κ2) is 9.70. The first-order chi connectivity index (χ1) is 12.8. The summed E-state index contributed by atoms with van der Waals surface area (Å²) in [5.41, 5.74) is 1.35. The Kier molecular flexibility index (Phi) is 7.04. The molecule has 0 saturated heterocycles. The van der Waals surface area contributed by atoms with Gasteiger partial charge < -0.3 is 10.4 Å². The van der Waals surface area contributed by atoms with E-state index in [0.717, 1.165) is 32.4 Å². The van der Waals surface area contributed by atoms with E-state index in [1.54, 1.807) is 0 Å². The molecule has 2 aromatic carbocycles. The number of aliphatic hydroxyl groups is 1. The maximum Gasteiger partial charge on any atom is 0.221 e. The molecule has 2 aromatic rings. The number of hydrogen-bond acceptors (Lipinski definition) is 3. The van der Waals surface area contributed by atoms with Gasteiger partial charge in [0.05, 0.1) is 0 Å². The van der Waals surface area contributed by atoms with Crippen LogP contribution in [0.5, 0.6) is 0 Å². The standard InChI is InChI=1S/C22H30N2O2/c25-16-5-1-4-14-23-22(26)13-15-24(20-11-12-20)17-19-9-6-8-18-7-2-3-10-21(18)19/h2-3,6-10,20,25H,1,4-5,11-17H2,(H,23,26). The van der Waals surface area contributed by atoms with Gasteiger partial charge in [0, 0.05) is 38.7 Å². The van der Waals surface area contributed by atoms with E-state index in [1.807, 2.05) is 0 Å². The molecular formula is C22H30N2O2. The average molecular weight is 354 g/mol. The summed E-state index contributed by atoms with van der Waals surface area (Å²) in [4.78, 5) is 14.6. The number of aliphatic hydroxyl groups excluding tert-OH is 1. The number of unbranched alkanes of at least 4 members (excludes halogenated alkanes) is 2. The first kappa shape index (κ1) is 18.9. The largest absolute Gasteiger partial charge is 0.396 e. The van der Waals surface area contributed by atoms with Crippen LogP contribution < -0.4 is 5.32 Å². The average Bonchev–Trinajstić information content (AvgIpc) is 3.50. The molecule has 0 radical (unpaired) electrons. The maximum absolute atomic E-state index is 12.1. The predicted molar refractivity (Wildman–Crippen MR) is 106 cm³/mol. The van der Waals surface area contributed by atoms with Crippen molar-refractivity contribution in [1.29, 1.82) is 0 Å². The number of rotatable bonds is 11. The van der Waals surface area contributed by atoms with Crippen molar-refractivity contribution in [2.45, 2.75) is 51.1 Å². The van der Waals surface area contributed by atoms with Gasteiger partial charge in [-0.3, -0.25) is 9.69 Å². The zero-order chi connectivity index (χ0) is 18.2. The number of nitrogens with zero attached hydrogens (tertiary/aromatic N) is 1. The van der Waals surface area contributed by atoms with Crippen molar-refractivity contribution in [3.8, 4) is 0 Å². The van der Waals surface area contributed by atoms with Gasteiger partial charge in [0.25, 0.3) is 0 Å². The van der Waals surface area contributed by atoms with Crippen LogP contribution in [0.4, 0.5) is 0 Å². The Morgan fingerprint density at radius 2 is 1.88 bits per heavy atom. The number of hydrogen-bond donors (Lipinski definition) is 2. The van der Waals surface area contributed by atoms with Crippen LogP contribution in [-0.2, 0) is 11.3 Å². The molecular weight excluding hydrogens is 324 g/mol. The summed E-state index contributed by atoms with van der Waals surface area (Å²) in [5, 5.41) is 14.4. The fraction of sp³-hybridized carbons (Fsp3) is 0.500. The number of benzene rings is 2. The van der Waals surface area contributed by atoms with Crippen LogP contribution in [0.15, 0.2) is 42.5 Å². The Hall–Kier alpha value is -1.91. The Labute approximate surface area is 156 Å². The van der Waals surface area contributed by atoms with Gasteiger partial charge in [-0.15, -0.1) is 0 Å². The highest BCUT2D eigenvalue weighted by Gasteiger charge is 2.29. The molecule has 0 unspecified atom stereocenters. The van der Waals surface area contributed by atoms with Crippen molar-refractivity contribution in [3.05, 3.63) is 48.0 Å². The molecule has 140 valence electrons. The van der Waals surface area contributed by atoms with Gasteiger partial charge in [0.1, 0.15) is 0 Å². The van der Waals surface area contributed by atoms with Gasteiger partial charge in [-0.2, -0.15) is 0 Å². The van der Waals surface area contributed by atoms with E-state index < -0.39 is 0 Å². The number of fused-ring (bicyclic) bond motifs is 1. The number of carbonyl (C=O) groups is 1. The summed E-state index contributed by atoms with van der Waals surface area (Å²) in [5.74, 6) is 0.137. The lowest BCUT2D eigenvalue weighted by molar-refractivity contribution is -0.121. The van der Waals surface area contributed by atoms with Crippen molar-refractivity contribution in [1.82, 2.24) is 10.2 Å². The number of nitrogens with one attached hydrogen (secondary N) is 1. The lowest BCUT2D eigenvalue weighted by atomic mass is 10.0. The molecule has 26 heavy (non-hydrogen) atoms. The van der Waals surface area contributed by atoms with Crippen molar-refractivity contribution in [2.24, 2.45) is 0 Å². The van der Waals surface area contributed by atoms with Crippen LogP contribution in [0.1, 0.15) is 44.1 Å². The van der Waals surface area contributed by atoms with Crippen LogP contribution in [0.25, 0.3) is 10.8 Å². The van der Waals surface area contributed by atoms with Gasteiger partial charge >= 0.3 is 0 Å². The number of amides is 1. The summed E-state index contributed by atoms with van der Waals surface area (Å²) in [6.07, 6.45) is 5.76. The van der Waals surface area contributed by atoms with Crippen molar-refractivity contribution in [2.75, 3.05) is 19.7 Å². The highest BCUT2D eigenvalue weighted by molar-refractivity contribution is 5.85. The quantitative estimate of drug-likeness (QED) is 0.608. The molecule has 0 heterocycles. The summed E-state index contributed by atoms with van der Waals surface area (Å²) < 4.78 is 0. The molecule has 2 N–H and O–H groups in total. The normalized spacial score (nSPS) is 14.1. The third-order valence-electron chi connectivity index (χ3n) is 5.10. The van der Waals surface area contributed by atoms with Crippen molar-refractivity contribution >= 4 is 16.7 Å². The minimum Gasteiger partial charge on any atom is -0.396 e. The molecule has 0 aromatic heterocycles. The predicted octanol–water partition coefficient (Wildman–Crippen LogP) is 3.47. The van der Waals surface area contributed by atoms with E-state index in [4.69, 9.17) is 5.11 Å². The van der Waals surface area contributed by atoms with Crippen molar-refractivity contribution < 1.29 is 9.90 Å². The molecule has 3 rings (SSSR count). The van der Waals surface area contributed by atoms with E-state index in [9.17, 15) is 4.79 Å². The Morgan fingerprint density at radius 1 is 1.08 bits per heavy atom. The summed E-state index contributed by atoms with van der Waals surface area (Å²) in [6, 6.07) is 15.6. The molecule has 0 spiro atoms. The molecule has 0 aliphatic heterocycles. The first-order valence-corrected chi connectivity index (χ1v) is 9.86. The third kappa shape index (κ3) is 5.55. The molecule has 4 nitrogen and oxygen atoms in total. The van der Waals surface area contributed by atoms with E-state index in [1.165, 1.54) is 29.2 Å². The summed E-state index contributed by atoms with van der Waals surface area (Å²) >= 11 is 0. The smallest absolute Gasteiger partial charge is 0.221 e. The molecule has 1 fully saturated rings. The van der Waals surface area contributed by atoms with Crippen LogP contribution in [-0.4, -0.2) is 41.7 Å². The van der Waals surface area contributed by atoms with Gasteiger partial charge in [-0.1, -0.05) is 42.5 Å². The molecule has 1 saturated carbocycles. The maximum atomic E-state index is 12.1. The van der Waals surface area contributed by atoms with Crippen LogP contribution in [0, 0.1) is 0 Å². The summed E-state index contributed by atoms with van der Waals surface area (Å²) in [6.45, 7) is 2.68. The van der Waals surface area contributed by atoms with Gasteiger partial charge in [0.2, 0.25) is 5.91 Å². The molecule has 0 bridgehead atoms. The SMILES string of the molecule is O=C(CCN(Cc1cccc2ccccc12)C1CC1)NCCCCCO. The molecule has 1 aliphatic rings. The Balaban J connectivity index is 1.51. The lowest BCUT2D eigenvalue weighted by Crippen LogP contribution is -2.32. The van der Waals surface area contributed by atoms with Crippen LogP contribution in [0.2, 0.25) is 0 Å².